The summed E-state index contributed by atoms with van der Waals surface area (Å²) in [6.45, 7) is 7.45. The van der Waals surface area contributed by atoms with E-state index in [4.69, 9.17) is 9.47 Å². The molecule has 7 heteroatoms. The number of ether oxygens (including phenoxy) is 2. The van der Waals surface area contributed by atoms with Crippen LogP contribution >= 0.6 is 15.9 Å². The van der Waals surface area contributed by atoms with Gasteiger partial charge in [-0.2, -0.15) is 0 Å². The SMILES string of the molecule is CCOCCC(=O)NNC(=O)c1ccc(OCC(C)C)c(Br)c1. The zero-order valence-electron chi connectivity index (χ0n) is 13.6. The minimum absolute atomic E-state index is 0.194. The van der Waals surface area contributed by atoms with Crippen LogP contribution in [0.2, 0.25) is 0 Å². The van der Waals surface area contributed by atoms with E-state index >= 15 is 0 Å². The van der Waals surface area contributed by atoms with Gasteiger partial charge in [-0.25, -0.2) is 0 Å². The molecule has 1 aromatic rings. The van der Waals surface area contributed by atoms with Gasteiger partial charge in [-0.05, 0) is 47.0 Å². The van der Waals surface area contributed by atoms with Crippen LogP contribution in [-0.2, 0) is 9.53 Å². The van der Waals surface area contributed by atoms with E-state index in [1.54, 1.807) is 18.2 Å². The molecule has 0 saturated carbocycles. The van der Waals surface area contributed by atoms with Gasteiger partial charge in [0, 0.05) is 12.2 Å². The molecule has 0 saturated heterocycles. The van der Waals surface area contributed by atoms with Crippen LogP contribution in [0.25, 0.3) is 0 Å². The predicted octanol–water partition coefficient (Wildman–Crippen LogP) is 2.67. The molecule has 0 heterocycles. The molecule has 0 radical (unpaired) electrons. The van der Waals surface area contributed by atoms with Gasteiger partial charge in [0.25, 0.3) is 5.91 Å². The van der Waals surface area contributed by atoms with Crippen molar-refractivity contribution < 1.29 is 19.1 Å². The number of nitrogens with one attached hydrogen (secondary N) is 2. The fourth-order valence-corrected chi connectivity index (χ4v) is 2.08. The van der Waals surface area contributed by atoms with Crippen molar-refractivity contribution in [1.82, 2.24) is 10.9 Å². The van der Waals surface area contributed by atoms with Gasteiger partial charge in [-0.3, -0.25) is 20.4 Å². The molecule has 0 aliphatic carbocycles. The van der Waals surface area contributed by atoms with Crippen molar-refractivity contribution in [2.45, 2.75) is 27.2 Å². The minimum atomic E-state index is -0.397. The Kier molecular flexibility index (Phi) is 8.65. The molecule has 0 unspecified atom stereocenters. The normalized spacial score (nSPS) is 10.5. The molecular formula is C16H23BrN2O4. The van der Waals surface area contributed by atoms with Gasteiger partial charge in [0.15, 0.2) is 0 Å². The van der Waals surface area contributed by atoms with Gasteiger partial charge < -0.3 is 9.47 Å². The number of hydrogen-bond acceptors (Lipinski definition) is 4. The van der Waals surface area contributed by atoms with E-state index in [0.29, 0.717) is 41.5 Å². The number of carbonyl (C=O) groups is 2. The topological polar surface area (TPSA) is 76.7 Å². The lowest BCUT2D eigenvalue weighted by molar-refractivity contribution is -0.122. The largest absolute Gasteiger partial charge is 0.492 e. The van der Waals surface area contributed by atoms with Gasteiger partial charge >= 0.3 is 0 Å². The summed E-state index contributed by atoms with van der Waals surface area (Å²) >= 11 is 3.38. The first-order chi connectivity index (χ1) is 10.9. The Labute approximate surface area is 145 Å². The van der Waals surface area contributed by atoms with Crippen molar-refractivity contribution in [1.29, 1.82) is 0 Å². The summed E-state index contributed by atoms with van der Waals surface area (Å²) in [5.74, 6) is 0.390. The Morgan fingerprint density at radius 3 is 2.61 bits per heavy atom. The van der Waals surface area contributed by atoms with Gasteiger partial charge in [0.05, 0.1) is 24.1 Å². The highest BCUT2D eigenvalue weighted by Crippen LogP contribution is 2.26. The lowest BCUT2D eigenvalue weighted by atomic mass is 10.2. The quantitative estimate of drug-likeness (QED) is 0.531. The van der Waals surface area contributed by atoms with Crippen molar-refractivity contribution in [2.24, 2.45) is 5.92 Å². The molecule has 128 valence electrons. The average Bonchev–Trinajstić information content (AvgIpc) is 2.51. The number of hydrazine groups is 1. The fourth-order valence-electron chi connectivity index (χ4n) is 1.59. The molecule has 0 atom stereocenters. The zero-order valence-corrected chi connectivity index (χ0v) is 15.2. The van der Waals surface area contributed by atoms with E-state index in [1.807, 2.05) is 6.92 Å². The Morgan fingerprint density at radius 2 is 2.00 bits per heavy atom. The summed E-state index contributed by atoms with van der Waals surface area (Å²) in [6.07, 6.45) is 0.194. The Morgan fingerprint density at radius 1 is 1.26 bits per heavy atom. The number of carbonyl (C=O) groups excluding carboxylic acids is 2. The second-order valence-electron chi connectivity index (χ2n) is 5.30. The van der Waals surface area contributed by atoms with Crippen LogP contribution in [0.15, 0.2) is 22.7 Å². The summed E-state index contributed by atoms with van der Waals surface area (Å²) in [6, 6.07) is 5.01. The van der Waals surface area contributed by atoms with E-state index in [0.717, 1.165) is 0 Å². The van der Waals surface area contributed by atoms with Gasteiger partial charge in [0.2, 0.25) is 5.91 Å². The van der Waals surface area contributed by atoms with Crippen LogP contribution in [0.5, 0.6) is 5.75 Å². The number of rotatable bonds is 8. The number of benzene rings is 1. The van der Waals surface area contributed by atoms with Crippen molar-refractivity contribution in [3.63, 3.8) is 0 Å². The van der Waals surface area contributed by atoms with E-state index < -0.39 is 5.91 Å². The molecule has 23 heavy (non-hydrogen) atoms. The number of hydrogen-bond donors (Lipinski definition) is 2. The van der Waals surface area contributed by atoms with E-state index in [2.05, 4.69) is 40.6 Å². The first kappa shape index (κ1) is 19.4. The molecule has 0 aliphatic rings. The van der Waals surface area contributed by atoms with Crippen LogP contribution < -0.4 is 15.6 Å². The highest BCUT2D eigenvalue weighted by molar-refractivity contribution is 9.10. The maximum Gasteiger partial charge on any atom is 0.269 e. The first-order valence-electron chi connectivity index (χ1n) is 7.53. The summed E-state index contributed by atoms with van der Waals surface area (Å²) < 4.78 is 11.4. The molecule has 0 aliphatic heterocycles. The second-order valence-corrected chi connectivity index (χ2v) is 6.15. The number of amides is 2. The van der Waals surface area contributed by atoms with Gasteiger partial charge in [-0.15, -0.1) is 0 Å². The van der Waals surface area contributed by atoms with Crippen LogP contribution in [0.1, 0.15) is 37.6 Å². The minimum Gasteiger partial charge on any atom is -0.492 e. The third kappa shape index (κ3) is 7.47. The smallest absolute Gasteiger partial charge is 0.269 e. The Bertz CT molecular complexity index is 535. The van der Waals surface area contributed by atoms with Crippen LogP contribution in [0.3, 0.4) is 0 Å². The monoisotopic (exact) mass is 386 g/mol. The van der Waals surface area contributed by atoms with Crippen molar-refractivity contribution in [2.75, 3.05) is 19.8 Å². The maximum absolute atomic E-state index is 12.0. The fraction of sp³-hybridized carbons (Fsp3) is 0.500. The lowest BCUT2D eigenvalue weighted by Crippen LogP contribution is -2.41. The van der Waals surface area contributed by atoms with Crippen LogP contribution in [0, 0.1) is 5.92 Å². The van der Waals surface area contributed by atoms with Crippen molar-refractivity contribution >= 4 is 27.7 Å². The van der Waals surface area contributed by atoms with E-state index in [9.17, 15) is 9.59 Å². The van der Waals surface area contributed by atoms with E-state index in [-0.39, 0.29) is 12.3 Å². The number of halogens is 1. The third-order valence-electron chi connectivity index (χ3n) is 2.76. The molecule has 2 amide bonds. The Balaban J connectivity index is 2.50. The van der Waals surface area contributed by atoms with Crippen molar-refractivity contribution in [3.8, 4) is 5.75 Å². The molecule has 1 rings (SSSR count). The van der Waals surface area contributed by atoms with Gasteiger partial charge in [-0.1, -0.05) is 13.8 Å². The predicted molar refractivity (Wildman–Crippen MR) is 91.2 cm³/mol. The molecule has 0 spiro atoms. The zero-order chi connectivity index (χ0) is 17.2. The molecule has 0 bridgehead atoms. The molecule has 0 fully saturated rings. The molecule has 2 N–H and O–H groups in total. The van der Waals surface area contributed by atoms with Gasteiger partial charge in [0.1, 0.15) is 5.75 Å². The molecule has 0 aromatic heterocycles. The molecule has 1 aromatic carbocycles. The summed E-state index contributed by atoms with van der Waals surface area (Å²) in [5.41, 5.74) is 5.13. The van der Waals surface area contributed by atoms with Crippen LogP contribution in [0.4, 0.5) is 0 Å². The highest BCUT2D eigenvalue weighted by Gasteiger charge is 2.10. The molecular weight excluding hydrogens is 364 g/mol. The highest BCUT2D eigenvalue weighted by atomic mass is 79.9. The standard InChI is InChI=1S/C16H23BrN2O4/c1-4-22-8-7-15(20)18-19-16(21)12-5-6-14(13(17)9-12)23-10-11(2)3/h5-6,9,11H,4,7-8,10H2,1-3H3,(H,18,20)(H,19,21). The average molecular weight is 387 g/mol. The maximum atomic E-state index is 12.0. The van der Waals surface area contributed by atoms with Crippen LogP contribution in [-0.4, -0.2) is 31.6 Å². The summed E-state index contributed by atoms with van der Waals surface area (Å²) in [4.78, 5) is 23.5. The Hall–Kier alpha value is -1.60. The summed E-state index contributed by atoms with van der Waals surface area (Å²) in [5, 5.41) is 0. The van der Waals surface area contributed by atoms with Crippen molar-refractivity contribution in [3.05, 3.63) is 28.2 Å². The molecule has 6 nitrogen and oxygen atoms in total. The lowest BCUT2D eigenvalue weighted by Gasteiger charge is -2.12. The third-order valence-corrected chi connectivity index (χ3v) is 3.38. The summed E-state index contributed by atoms with van der Waals surface area (Å²) in [7, 11) is 0. The van der Waals surface area contributed by atoms with E-state index in [1.165, 1.54) is 0 Å². The first-order valence-corrected chi connectivity index (χ1v) is 8.32. The second kappa shape index (κ2) is 10.2.